The topological polar surface area (TPSA) is 57.5 Å². The van der Waals surface area contributed by atoms with Crippen LogP contribution in [0.15, 0.2) is 54.6 Å². The summed E-state index contributed by atoms with van der Waals surface area (Å²) in [6, 6.07) is 13.7. The van der Waals surface area contributed by atoms with Crippen LogP contribution in [0.2, 0.25) is 0 Å². The van der Waals surface area contributed by atoms with Crippen LogP contribution in [0.5, 0.6) is 0 Å². The molecule has 0 fully saturated rings. The quantitative estimate of drug-likeness (QED) is 0.847. The first-order valence-electron chi connectivity index (χ1n) is 7.22. The van der Waals surface area contributed by atoms with E-state index in [-0.39, 0.29) is 5.92 Å². The minimum atomic E-state index is -0.830. The summed E-state index contributed by atoms with van der Waals surface area (Å²) < 4.78 is 0. The summed E-state index contributed by atoms with van der Waals surface area (Å²) in [7, 11) is 0. The second-order valence-corrected chi connectivity index (χ2v) is 5.56. The Labute approximate surface area is 123 Å². The summed E-state index contributed by atoms with van der Waals surface area (Å²) >= 11 is 0. The Balaban J connectivity index is 2.01. The number of rotatable bonds is 3. The second-order valence-electron chi connectivity index (χ2n) is 5.56. The standard InChI is InChI=1S/C18H18O3/c19-17(15-9-3-4-10-16(15)18(20)21)14-11-5-7-12-6-1-2-8-13(12)14/h1-8,11,15-17,19H,9-10H2,(H,20,21). The maximum absolute atomic E-state index is 11.4. The molecular weight excluding hydrogens is 264 g/mol. The molecule has 0 saturated heterocycles. The van der Waals surface area contributed by atoms with Crippen molar-refractivity contribution in [2.45, 2.75) is 18.9 Å². The summed E-state index contributed by atoms with van der Waals surface area (Å²) in [5.41, 5.74) is 0.819. The van der Waals surface area contributed by atoms with E-state index in [4.69, 9.17) is 0 Å². The van der Waals surface area contributed by atoms with Crippen LogP contribution in [-0.2, 0) is 4.79 Å². The maximum Gasteiger partial charge on any atom is 0.307 e. The monoisotopic (exact) mass is 282 g/mol. The third-order valence-corrected chi connectivity index (χ3v) is 4.35. The van der Waals surface area contributed by atoms with Crippen molar-refractivity contribution in [2.75, 3.05) is 0 Å². The number of carbonyl (C=O) groups is 1. The summed E-state index contributed by atoms with van der Waals surface area (Å²) in [6.45, 7) is 0. The first-order valence-corrected chi connectivity index (χ1v) is 7.22. The third-order valence-electron chi connectivity index (χ3n) is 4.35. The lowest BCUT2D eigenvalue weighted by Gasteiger charge is -2.30. The highest BCUT2D eigenvalue weighted by molar-refractivity contribution is 5.86. The predicted octanol–water partition coefficient (Wildman–Crippen LogP) is 3.54. The first-order chi connectivity index (χ1) is 10.2. The molecule has 3 rings (SSSR count). The molecule has 3 nitrogen and oxygen atoms in total. The fraction of sp³-hybridized carbons (Fsp3) is 0.278. The average Bonchev–Trinajstić information content (AvgIpc) is 2.53. The normalized spacial score (nSPS) is 23.1. The van der Waals surface area contributed by atoms with Crippen LogP contribution in [0.1, 0.15) is 24.5 Å². The van der Waals surface area contributed by atoms with Crippen LogP contribution in [0, 0.1) is 11.8 Å². The van der Waals surface area contributed by atoms with E-state index in [1.54, 1.807) is 0 Å². The number of carboxylic acids is 1. The number of aliphatic hydroxyl groups excluding tert-OH is 1. The highest BCUT2D eigenvalue weighted by atomic mass is 16.4. The Hall–Kier alpha value is -2.13. The van der Waals surface area contributed by atoms with E-state index in [1.807, 2.05) is 54.6 Å². The van der Waals surface area contributed by atoms with Crippen molar-refractivity contribution < 1.29 is 15.0 Å². The molecule has 2 N–H and O–H groups in total. The van der Waals surface area contributed by atoms with Crippen molar-refractivity contribution in [3.63, 3.8) is 0 Å². The van der Waals surface area contributed by atoms with E-state index in [0.29, 0.717) is 12.8 Å². The zero-order valence-corrected chi connectivity index (χ0v) is 11.6. The van der Waals surface area contributed by atoms with E-state index in [0.717, 1.165) is 16.3 Å². The van der Waals surface area contributed by atoms with E-state index in [1.165, 1.54) is 0 Å². The van der Waals surface area contributed by atoms with Crippen molar-refractivity contribution in [3.8, 4) is 0 Å². The Bertz CT molecular complexity index is 684. The van der Waals surface area contributed by atoms with Gasteiger partial charge in [-0.2, -0.15) is 0 Å². The van der Waals surface area contributed by atoms with Gasteiger partial charge in [0.25, 0.3) is 0 Å². The molecule has 0 saturated carbocycles. The van der Waals surface area contributed by atoms with Gasteiger partial charge >= 0.3 is 5.97 Å². The van der Waals surface area contributed by atoms with Crippen molar-refractivity contribution in [1.29, 1.82) is 0 Å². The van der Waals surface area contributed by atoms with Gasteiger partial charge in [0.2, 0.25) is 0 Å². The number of hydrogen-bond acceptors (Lipinski definition) is 2. The lowest BCUT2D eigenvalue weighted by atomic mass is 9.77. The number of benzene rings is 2. The molecule has 0 spiro atoms. The zero-order chi connectivity index (χ0) is 14.8. The number of aliphatic hydroxyl groups is 1. The molecule has 0 radical (unpaired) electrons. The van der Waals surface area contributed by atoms with E-state index in [9.17, 15) is 15.0 Å². The van der Waals surface area contributed by atoms with Crippen LogP contribution < -0.4 is 0 Å². The highest BCUT2D eigenvalue weighted by Gasteiger charge is 2.34. The Morgan fingerprint density at radius 3 is 2.57 bits per heavy atom. The van der Waals surface area contributed by atoms with Gasteiger partial charge in [-0.05, 0) is 29.2 Å². The van der Waals surface area contributed by atoms with E-state index >= 15 is 0 Å². The number of fused-ring (bicyclic) bond motifs is 1. The molecule has 1 aliphatic carbocycles. The molecule has 0 heterocycles. The molecule has 0 aromatic heterocycles. The maximum atomic E-state index is 11.4. The van der Waals surface area contributed by atoms with Crippen molar-refractivity contribution in [2.24, 2.45) is 11.8 Å². The Kier molecular flexibility index (Phi) is 3.76. The SMILES string of the molecule is O=C(O)C1CC=CCC1C(O)c1cccc2ccccc12. The van der Waals surface area contributed by atoms with Crippen LogP contribution in [-0.4, -0.2) is 16.2 Å². The van der Waals surface area contributed by atoms with Gasteiger partial charge in [0, 0.05) is 5.92 Å². The van der Waals surface area contributed by atoms with E-state index in [2.05, 4.69) is 0 Å². The van der Waals surface area contributed by atoms with Crippen molar-refractivity contribution >= 4 is 16.7 Å². The molecule has 108 valence electrons. The molecular formula is C18H18O3. The smallest absolute Gasteiger partial charge is 0.307 e. The molecule has 3 heteroatoms. The molecule has 2 aromatic rings. The van der Waals surface area contributed by atoms with Gasteiger partial charge in [0.05, 0.1) is 12.0 Å². The number of hydrogen-bond donors (Lipinski definition) is 2. The lowest BCUT2D eigenvalue weighted by Crippen LogP contribution is -2.29. The van der Waals surface area contributed by atoms with Crippen LogP contribution >= 0.6 is 0 Å². The van der Waals surface area contributed by atoms with Gasteiger partial charge in [-0.1, -0.05) is 54.6 Å². The summed E-state index contributed by atoms with van der Waals surface area (Å²) in [5, 5.41) is 22.2. The number of allylic oxidation sites excluding steroid dienone is 2. The molecule has 0 amide bonds. The third kappa shape index (κ3) is 2.57. The molecule has 3 atom stereocenters. The largest absolute Gasteiger partial charge is 0.481 e. The Morgan fingerprint density at radius 2 is 1.76 bits per heavy atom. The zero-order valence-electron chi connectivity index (χ0n) is 11.6. The summed E-state index contributed by atoms with van der Waals surface area (Å²) in [4.78, 5) is 11.4. The van der Waals surface area contributed by atoms with Gasteiger partial charge in [0.1, 0.15) is 0 Å². The summed E-state index contributed by atoms with van der Waals surface area (Å²) in [6.07, 6.45) is 4.19. The molecule has 1 aliphatic rings. The molecule has 3 unspecified atom stereocenters. The van der Waals surface area contributed by atoms with Gasteiger partial charge in [-0.15, -0.1) is 0 Å². The van der Waals surface area contributed by atoms with Crippen molar-refractivity contribution in [3.05, 3.63) is 60.2 Å². The Morgan fingerprint density at radius 1 is 1.05 bits per heavy atom. The second kappa shape index (κ2) is 5.70. The number of carboxylic acid groups (broad SMARTS) is 1. The van der Waals surface area contributed by atoms with Gasteiger partial charge < -0.3 is 10.2 Å². The molecule has 0 bridgehead atoms. The van der Waals surface area contributed by atoms with E-state index < -0.39 is 18.0 Å². The highest BCUT2D eigenvalue weighted by Crippen LogP contribution is 2.38. The molecule has 0 aliphatic heterocycles. The predicted molar refractivity (Wildman–Crippen MR) is 81.9 cm³/mol. The first kappa shape index (κ1) is 13.8. The van der Waals surface area contributed by atoms with Crippen LogP contribution in [0.25, 0.3) is 10.8 Å². The summed E-state index contributed by atoms with van der Waals surface area (Å²) in [5.74, 6) is -1.63. The molecule has 2 aromatic carbocycles. The van der Waals surface area contributed by atoms with Gasteiger partial charge in [-0.3, -0.25) is 4.79 Å². The fourth-order valence-electron chi connectivity index (χ4n) is 3.21. The minimum absolute atomic E-state index is 0.279. The van der Waals surface area contributed by atoms with Gasteiger partial charge in [-0.25, -0.2) is 0 Å². The fourth-order valence-corrected chi connectivity index (χ4v) is 3.21. The lowest BCUT2D eigenvalue weighted by molar-refractivity contribution is -0.145. The molecule has 21 heavy (non-hydrogen) atoms. The van der Waals surface area contributed by atoms with Crippen LogP contribution in [0.4, 0.5) is 0 Å². The van der Waals surface area contributed by atoms with Crippen molar-refractivity contribution in [1.82, 2.24) is 0 Å². The average molecular weight is 282 g/mol. The minimum Gasteiger partial charge on any atom is -0.481 e. The number of aliphatic carboxylic acids is 1. The van der Waals surface area contributed by atoms with Gasteiger partial charge in [0.15, 0.2) is 0 Å². The van der Waals surface area contributed by atoms with Crippen LogP contribution in [0.3, 0.4) is 0 Å².